The third-order valence-electron chi connectivity index (χ3n) is 6.81. The number of carboxylic acids is 2. The molecule has 3 heterocycles. The Morgan fingerprint density at radius 1 is 0.957 bits per heavy atom. The number of H-pyrrole nitrogens is 1. The van der Waals surface area contributed by atoms with Crippen LogP contribution in [0.25, 0.3) is 27.5 Å². The van der Waals surface area contributed by atoms with Crippen LogP contribution >= 0.6 is 0 Å². The Kier molecular flexibility index (Phi) is 9.63. The van der Waals surface area contributed by atoms with Crippen LogP contribution in [0.2, 0.25) is 0 Å². The summed E-state index contributed by atoms with van der Waals surface area (Å²) in [7, 11) is 1.15. The van der Waals surface area contributed by atoms with E-state index in [1.807, 2.05) is 19.1 Å². The van der Waals surface area contributed by atoms with Gasteiger partial charge in [-0.3, -0.25) is 14.4 Å². The molecule has 0 radical (unpaired) electrons. The number of esters is 1. The minimum Gasteiger partial charge on any atom is -0.482 e. The molecule has 5 aromatic rings. The highest BCUT2D eigenvalue weighted by Gasteiger charge is 2.38. The Bertz CT molecular complexity index is 2150. The van der Waals surface area contributed by atoms with Crippen molar-refractivity contribution in [2.75, 3.05) is 13.7 Å². The number of methoxy groups -OCH3 is 1. The van der Waals surface area contributed by atoms with Crippen LogP contribution in [0.3, 0.4) is 0 Å². The van der Waals surface area contributed by atoms with Gasteiger partial charge < -0.3 is 29.1 Å². The van der Waals surface area contributed by atoms with Crippen LogP contribution < -0.4 is 16.0 Å². The van der Waals surface area contributed by atoms with E-state index in [-0.39, 0.29) is 22.2 Å². The number of rotatable bonds is 8. The summed E-state index contributed by atoms with van der Waals surface area (Å²) in [6.07, 6.45) is -3.31. The largest absolute Gasteiger partial charge is 0.490 e. The predicted molar refractivity (Wildman–Crippen MR) is 159 cm³/mol. The summed E-state index contributed by atoms with van der Waals surface area (Å²) >= 11 is 0. The van der Waals surface area contributed by atoms with Crippen molar-refractivity contribution < 1.29 is 52.0 Å². The van der Waals surface area contributed by atoms with Gasteiger partial charge in [-0.15, -0.1) is 0 Å². The summed E-state index contributed by atoms with van der Waals surface area (Å²) in [6, 6.07) is 16.8. The van der Waals surface area contributed by atoms with Gasteiger partial charge in [0.2, 0.25) is 5.78 Å². The zero-order valence-corrected chi connectivity index (χ0v) is 24.5. The van der Waals surface area contributed by atoms with Gasteiger partial charge in [0.15, 0.2) is 6.61 Å². The number of hydrogen-bond acceptors (Lipinski definition) is 8. The third-order valence-corrected chi connectivity index (χ3v) is 6.81. The number of aliphatic carboxylic acids is 2. The van der Waals surface area contributed by atoms with Gasteiger partial charge in [-0.25, -0.2) is 19.0 Å². The normalized spacial score (nSPS) is 11.1. The molecule has 3 aromatic heterocycles. The van der Waals surface area contributed by atoms with Crippen molar-refractivity contribution in [1.29, 1.82) is 0 Å². The van der Waals surface area contributed by atoms with Crippen LogP contribution in [-0.2, 0) is 25.7 Å². The van der Waals surface area contributed by atoms with Gasteiger partial charge in [0, 0.05) is 17.3 Å². The first-order chi connectivity index (χ1) is 22.1. The predicted octanol–water partition coefficient (Wildman–Crippen LogP) is 3.42. The number of fused-ring (bicyclic) bond motifs is 2. The quantitative estimate of drug-likeness (QED) is 0.165. The smallest absolute Gasteiger partial charge is 0.482 e. The maximum atomic E-state index is 13.9. The first-order valence-corrected chi connectivity index (χ1v) is 13.4. The van der Waals surface area contributed by atoms with Crippen molar-refractivity contribution in [3.63, 3.8) is 0 Å². The zero-order valence-electron chi connectivity index (χ0n) is 24.5. The summed E-state index contributed by atoms with van der Waals surface area (Å²) in [4.78, 5) is 73.3. The van der Waals surface area contributed by atoms with E-state index in [9.17, 15) is 37.1 Å². The molecular weight excluding hydrogens is 631 g/mol. The number of ether oxygens (including phenoxy) is 2. The summed E-state index contributed by atoms with van der Waals surface area (Å²) in [5.41, 5.74) is 2.42. The van der Waals surface area contributed by atoms with Gasteiger partial charge in [-0.1, -0.05) is 18.2 Å². The minimum atomic E-state index is -5.08. The number of carbonyl (C=O) groups excluding carboxylic acids is 2. The number of aromatic amines is 1. The molecule has 5 rings (SSSR count). The maximum Gasteiger partial charge on any atom is 0.490 e. The number of nitrogens with one attached hydrogen (secondary N) is 1. The van der Waals surface area contributed by atoms with Crippen LogP contribution in [0.1, 0.15) is 21.6 Å². The fraction of sp³-hybridized carbons (Fsp3) is 0.161. The number of benzene rings is 2. The third kappa shape index (κ3) is 7.22. The summed E-state index contributed by atoms with van der Waals surface area (Å²) in [5.74, 6) is -4.55. The highest BCUT2D eigenvalue weighted by molar-refractivity contribution is 6.12. The SMILES string of the molecule is COC(=O)Cn1c(=O)[nH]c2ccc(C(=O)c3c(C)c(-c4ccc(OCC(=O)O)cc4)c4ccccn34)cc2c1=O.O=C(O)C(F)(F)F. The number of halogens is 3. The second-order valence-corrected chi connectivity index (χ2v) is 9.80. The first-order valence-electron chi connectivity index (χ1n) is 13.4. The molecule has 0 spiro atoms. The molecule has 47 heavy (non-hydrogen) atoms. The lowest BCUT2D eigenvalue weighted by atomic mass is 9.98. The molecule has 0 aliphatic heterocycles. The Morgan fingerprint density at radius 2 is 1.62 bits per heavy atom. The molecule has 3 N–H and O–H groups in total. The lowest BCUT2D eigenvalue weighted by molar-refractivity contribution is -0.192. The number of aromatic nitrogens is 3. The summed E-state index contributed by atoms with van der Waals surface area (Å²) in [5, 5.41) is 16.0. The van der Waals surface area contributed by atoms with E-state index in [1.54, 1.807) is 40.9 Å². The van der Waals surface area contributed by atoms with Crippen LogP contribution in [0.15, 0.2) is 76.4 Å². The van der Waals surface area contributed by atoms with Gasteiger partial charge in [0.1, 0.15) is 12.3 Å². The van der Waals surface area contributed by atoms with Gasteiger partial charge in [-0.05, 0) is 60.5 Å². The molecule has 0 saturated carbocycles. The zero-order chi connectivity index (χ0) is 34.6. The lowest BCUT2D eigenvalue weighted by Crippen LogP contribution is -2.37. The molecule has 0 fully saturated rings. The van der Waals surface area contributed by atoms with Crippen molar-refractivity contribution in [3.8, 4) is 16.9 Å². The molecule has 0 aliphatic carbocycles. The number of carboxylic acid groups (broad SMARTS) is 2. The highest BCUT2D eigenvalue weighted by Crippen LogP contribution is 2.35. The molecule has 2 aromatic carbocycles. The second kappa shape index (κ2) is 13.4. The topological polar surface area (TPSA) is 186 Å². The molecule has 0 bridgehead atoms. The van der Waals surface area contributed by atoms with Crippen LogP contribution in [-0.4, -0.2) is 67.7 Å². The molecule has 0 saturated heterocycles. The number of nitrogens with zero attached hydrogens (tertiary/aromatic N) is 2. The molecule has 244 valence electrons. The lowest BCUT2D eigenvalue weighted by Gasteiger charge is -2.08. The first kappa shape index (κ1) is 33.7. The second-order valence-electron chi connectivity index (χ2n) is 9.80. The van der Waals surface area contributed by atoms with Gasteiger partial charge >= 0.3 is 29.8 Å². The van der Waals surface area contributed by atoms with Crippen molar-refractivity contribution in [2.45, 2.75) is 19.6 Å². The molecular formula is C31H24F3N3O10. The fourth-order valence-electron chi connectivity index (χ4n) is 4.71. The minimum absolute atomic E-state index is 0.0741. The number of hydrogen-bond donors (Lipinski definition) is 3. The number of alkyl halides is 3. The van der Waals surface area contributed by atoms with Crippen molar-refractivity contribution >= 4 is 40.1 Å². The molecule has 0 amide bonds. The van der Waals surface area contributed by atoms with Gasteiger partial charge in [-0.2, -0.15) is 13.2 Å². The van der Waals surface area contributed by atoms with Crippen LogP contribution in [0.5, 0.6) is 5.75 Å². The van der Waals surface area contributed by atoms with Crippen molar-refractivity contribution in [1.82, 2.24) is 14.0 Å². The van der Waals surface area contributed by atoms with E-state index in [1.165, 1.54) is 18.2 Å². The van der Waals surface area contributed by atoms with E-state index in [0.717, 1.165) is 28.3 Å². The van der Waals surface area contributed by atoms with Crippen LogP contribution in [0, 0.1) is 6.92 Å². The summed E-state index contributed by atoms with van der Waals surface area (Å²) < 4.78 is 44.0. The average molecular weight is 656 g/mol. The van der Waals surface area contributed by atoms with Crippen molar-refractivity contribution in [2.24, 2.45) is 0 Å². The van der Waals surface area contributed by atoms with E-state index in [2.05, 4.69) is 9.72 Å². The number of carbonyl (C=O) groups is 4. The standard InChI is InChI=1S/C29H23N3O8.C2HF3O2/c1-16-25(17-6-9-19(10-7-17)40-15-23(33)34)22-5-3-4-12-31(22)26(16)27(36)18-8-11-21-20(13-18)28(37)32(29(38)30-21)14-24(35)39-2;3-2(4,5)1(6)7/h3-13H,14-15H2,1-2H3,(H,30,38)(H,33,34);(H,6,7). The maximum absolute atomic E-state index is 13.9. The molecule has 16 heteroatoms. The highest BCUT2D eigenvalue weighted by atomic mass is 19.4. The Morgan fingerprint density at radius 3 is 2.21 bits per heavy atom. The monoisotopic (exact) mass is 655 g/mol. The Labute approximate surface area is 261 Å². The molecule has 0 unspecified atom stereocenters. The number of ketones is 1. The average Bonchev–Trinajstić information content (AvgIpc) is 3.32. The van der Waals surface area contributed by atoms with E-state index < -0.39 is 48.5 Å². The van der Waals surface area contributed by atoms with E-state index in [4.69, 9.17) is 19.7 Å². The molecule has 13 nitrogen and oxygen atoms in total. The fourth-order valence-corrected chi connectivity index (χ4v) is 4.71. The summed E-state index contributed by atoms with van der Waals surface area (Å²) in [6.45, 7) is 0.802. The molecule has 0 atom stereocenters. The van der Waals surface area contributed by atoms with Crippen LogP contribution in [0.4, 0.5) is 13.2 Å². The van der Waals surface area contributed by atoms with Crippen molar-refractivity contribution in [3.05, 3.63) is 105 Å². The Hall–Kier alpha value is -6.19. The molecule has 0 aliphatic rings. The number of pyridine rings is 1. The van der Waals surface area contributed by atoms with E-state index in [0.29, 0.717) is 17.0 Å². The Balaban J connectivity index is 0.000000644. The van der Waals surface area contributed by atoms with Gasteiger partial charge in [0.05, 0.1) is 29.2 Å². The van der Waals surface area contributed by atoms with E-state index >= 15 is 0 Å². The van der Waals surface area contributed by atoms with Gasteiger partial charge in [0.25, 0.3) is 5.56 Å².